The van der Waals surface area contributed by atoms with E-state index in [9.17, 15) is 4.79 Å². The van der Waals surface area contributed by atoms with Gasteiger partial charge in [-0.05, 0) is 35.1 Å². The molecule has 1 aromatic heterocycles. The molecule has 5 nitrogen and oxygen atoms in total. The second kappa shape index (κ2) is 5.57. The first-order chi connectivity index (χ1) is 8.15. The summed E-state index contributed by atoms with van der Waals surface area (Å²) in [6.45, 7) is 3.66. The third-order valence-corrected chi connectivity index (χ3v) is 3.19. The molecule has 1 aliphatic rings. The van der Waals surface area contributed by atoms with Crippen molar-refractivity contribution in [1.82, 2.24) is 20.3 Å². The first-order valence-corrected chi connectivity index (χ1v) is 6.30. The van der Waals surface area contributed by atoms with Crippen LogP contribution < -0.4 is 5.43 Å². The average molecular weight is 299 g/mol. The fraction of sp³-hybridized carbons (Fsp3) is 0.455. The Labute approximate surface area is 109 Å². The largest absolute Gasteiger partial charge is 0.304 e. The molecule has 0 bridgehead atoms. The Hall–Kier alpha value is -0.980. The Morgan fingerprint density at radius 2 is 2.12 bits per heavy atom. The van der Waals surface area contributed by atoms with Gasteiger partial charge in [0, 0.05) is 37.9 Å². The molecule has 0 atom stereocenters. The zero-order valence-corrected chi connectivity index (χ0v) is 11.3. The van der Waals surface area contributed by atoms with Crippen molar-refractivity contribution in [2.75, 3.05) is 33.2 Å². The second-order valence-electron chi connectivity index (χ2n) is 4.10. The molecule has 1 fully saturated rings. The van der Waals surface area contributed by atoms with Gasteiger partial charge in [-0.1, -0.05) is 0 Å². The van der Waals surface area contributed by atoms with E-state index in [0.29, 0.717) is 10.2 Å². The SMILES string of the molecule is CN1CCN(NC(=O)c2ccnc(Br)c2)CC1. The van der Waals surface area contributed by atoms with Crippen molar-refractivity contribution >= 4 is 21.8 Å². The number of hydrogen-bond donors (Lipinski definition) is 1. The number of nitrogens with zero attached hydrogens (tertiary/aromatic N) is 3. The highest BCUT2D eigenvalue weighted by molar-refractivity contribution is 9.10. The fourth-order valence-corrected chi connectivity index (χ4v) is 2.03. The van der Waals surface area contributed by atoms with Crippen LogP contribution in [0.3, 0.4) is 0 Å². The fourth-order valence-electron chi connectivity index (χ4n) is 1.67. The number of carbonyl (C=O) groups is 1. The van der Waals surface area contributed by atoms with Crippen LogP contribution >= 0.6 is 15.9 Å². The molecule has 6 heteroatoms. The van der Waals surface area contributed by atoms with Crippen molar-refractivity contribution in [1.29, 1.82) is 0 Å². The number of rotatable bonds is 2. The summed E-state index contributed by atoms with van der Waals surface area (Å²) in [5.41, 5.74) is 3.52. The van der Waals surface area contributed by atoms with E-state index >= 15 is 0 Å². The summed E-state index contributed by atoms with van der Waals surface area (Å²) in [7, 11) is 2.08. The summed E-state index contributed by atoms with van der Waals surface area (Å²) in [4.78, 5) is 18.2. The molecule has 1 saturated heterocycles. The monoisotopic (exact) mass is 298 g/mol. The second-order valence-corrected chi connectivity index (χ2v) is 4.91. The summed E-state index contributed by atoms with van der Waals surface area (Å²) < 4.78 is 0.670. The Morgan fingerprint density at radius 3 is 2.76 bits per heavy atom. The Bertz CT molecular complexity index is 404. The van der Waals surface area contributed by atoms with E-state index in [1.807, 2.05) is 5.01 Å². The highest BCUT2D eigenvalue weighted by Gasteiger charge is 2.16. The van der Waals surface area contributed by atoms with Crippen LogP contribution in [-0.4, -0.2) is 54.0 Å². The van der Waals surface area contributed by atoms with E-state index in [1.165, 1.54) is 0 Å². The number of carbonyl (C=O) groups excluding carboxylic acids is 1. The van der Waals surface area contributed by atoms with Crippen LogP contribution in [0.1, 0.15) is 10.4 Å². The summed E-state index contributed by atoms with van der Waals surface area (Å²) in [6, 6.07) is 3.42. The van der Waals surface area contributed by atoms with Crippen LogP contribution in [0, 0.1) is 0 Å². The van der Waals surface area contributed by atoms with E-state index in [0.717, 1.165) is 26.2 Å². The zero-order chi connectivity index (χ0) is 12.3. The molecule has 2 heterocycles. The summed E-state index contributed by atoms with van der Waals surface area (Å²) in [6.07, 6.45) is 1.61. The molecule has 2 rings (SSSR count). The van der Waals surface area contributed by atoms with E-state index in [-0.39, 0.29) is 5.91 Å². The van der Waals surface area contributed by atoms with Crippen molar-refractivity contribution in [2.45, 2.75) is 0 Å². The molecule has 92 valence electrons. The Balaban J connectivity index is 1.93. The normalized spacial score (nSPS) is 18.0. The van der Waals surface area contributed by atoms with Gasteiger partial charge in [-0.2, -0.15) is 0 Å². The van der Waals surface area contributed by atoms with Gasteiger partial charge in [0.05, 0.1) is 0 Å². The lowest BCUT2D eigenvalue weighted by atomic mass is 10.2. The lowest BCUT2D eigenvalue weighted by molar-refractivity contribution is 0.0662. The van der Waals surface area contributed by atoms with Gasteiger partial charge in [-0.3, -0.25) is 10.2 Å². The number of piperazine rings is 1. The molecule has 0 aromatic carbocycles. The van der Waals surface area contributed by atoms with Gasteiger partial charge >= 0.3 is 0 Å². The van der Waals surface area contributed by atoms with Crippen molar-refractivity contribution in [3.63, 3.8) is 0 Å². The van der Waals surface area contributed by atoms with Crippen LogP contribution in [0.5, 0.6) is 0 Å². The van der Waals surface area contributed by atoms with Gasteiger partial charge in [0.2, 0.25) is 0 Å². The molecule has 1 amide bonds. The minimum absolute atomic E-state index is 0.0855. The molecule has 1 aromatic rings. The number of aromatic nitrogens is 1. The Kier molecular flexibility index (Phi) is 4.09. The van der Waals surface area contributed by atoms with E-state index in [4.69, 9.17) is 0 Å². The molecule has 1 aliphatic heterocycles. The van der Waals surface area contributed by atoms with Crippen molar-refractivity contribution < 1.29 is 4.79 Å². The Morgan fingerprint density at radius 1 is 1.41 bits per heavy atom. The van der Waals surface area contributed by atoms with Crippen molar-refractivity contribution in [3.05, 3.63) is 28.5 Å². The van der Waals surface area contributed by atoms with Gasteiger partial charge < -0.3 is 4.90 Å². The molecular formula is C11H15BrN4O. The van der Waals surface area contributed by atoms with E-state index < -0.39 is 0 Å². The molecule has 0 radical (unpaired) electrons. The highest BCUT2D eigenvalue weighted by Crippen LogP contribution is 2.08. The first kappa shape index (κ1) is 12.5. The number of hydrogen-bond acceptors (Lipinski definition) is 4. The van der Waals surface area contributed by atoms with E-state index in [2.05, 4.69) is 38.3 Å². The van der Waals surface area contributed by atoms with Crippen LogP contribution in [0.25, 0.3) is 0 Å². The van der Waals surface area contributed by atoms with Gasteiger partial charge in [0.15, 0.2) is 0 Å². The molecule has 17 heavy (non-hydrogen) atoms. The number of nitrogens with one attached hydrogen (secondary N) is 1. The number of likely N-dealkylation sites (N-methyl/N-ethyl adjacent to an activating group) is 1. The third kappa shape index (κ3) is 3.49. The molecule has 0 spiro atoms. The number of hydrazine groups is 1. The standard InChI is InChI=1S/C11H15BrN4O/c1-15-4-6-16(7-5-15)14-11(17)9-2-3-13-10(12)8-9/h2-3,8H,4-7H2,1H3,(H,14,17). The van der Waals surface area contributed by atoms with Crippen LogP contribution in [0.4, 0.5) is 0 Å². The van der Waals surface area contributed by atoms with Gasteiger partial charge in [-0.15, -0.1) is 0 Å². The number of pyridine rings is 1. The molecule has 0 unspecified atom stereocenters. The van der Waals surface area contributed by atoms with Gasteiger partial charge in [0.25, 0.3) is 5.91 Å². The van der Waals surface area contributed by atoms with Crippen molar-refractivity contribution in [3.8, 4) is 0 Å². The molecular weight excluding hydrogens is 284 g/mol. The predicted molar refractivity (Wildman–Crippen MR) is 68.5 cm³/mol. The van der Waals surface area contributed by atoms with Crippen molar-refractivity contribution in [2.24, 2.45) is 0 Å². The predicted octanol–water partition coefficient (Wildman–Crippen LogP) is 0.736. The van der Waals surface area contributed by atoms with Crippen LogP contribution in [0.15, 0.2) is 22.9 Å². The lowest BCUT2D eigenvalue weighted by Crippen LogP contribution is -2.52. The first-order valence-electron chi connectivity index (χ1n) is 5.51. The minimum Gasteiger partial charge on any atom is -0.304 e. The molecule has 0 saturated carbocycles. The van der Waals surface area contributed by atoms with Crippen LogP contribution in [0.2, 0.25) is 0 Å². The third-order valence-electron chi connectivity index (χ3n) is 2.75. The minimum atomic E-state index is -0.0855. The maximum atomic E-state index is 11.9. The number of halogens is 1. The maximum absolute atomic E-state index is 11.9. The van der Waals surface area contributed by atoms with Gasteiger partial charge in [0.1, 0.15) is 4.60 Å². The molecule has 0 aliphatic carbocycles. The summed E-state index contributed by atoms with van der Waals surface area (Å²) >= 11 is 3.25. The van der Waals surface area contributed by atoms with Crippen LogP contribution in [-0.2, 0) is 0 Å². The van der Waals surface area contributed by atoms with Gasteiger partial charge in [-0.25, -0.2) is 9.99 Å². The van der Waals surface area contributed by atoms with E-state index in [1.54, 1.807) is 18.3 Å². The highest BCUT2D eigenvalue weighted by atomic mass is 79.9. The quantitative estimate of drug-likeness (QED) is 0.818. The topological polar surface area (TPSA) is 48.5 Å². The number of amides is 1. The maximum Gasteiger partial charge on any atom is 0.265 e. The summed E-state index contributed by atoms with van der Waals surface area (Å²) in [5, 5.41) is 1.96. The average Bonchev–Trinajstić information content (AvgIpc) is 2.32. The lowest BCUT2D eigenvalue weighted by Gasteiger charge is -2.32. The molecule has 1 N–H and O–H groups in total. The summed E-state index contributed by atoms with van der Waals surface area (Å²) in [5.74, 6) is -0.0855. The zero-order valence-electron chi connectivity index (χ0n) is 9.69. The smallest absolute Gasteiger partial charge is 0.265 e.